The molecule has 24 heavy (non-hydrogen) atoms. The molecule has 2 heterocycles. The Morgan fingerprint density at radius 2 is 1.38 bits per heavy atom. The molecule has 5 heteroatoms. The first-order valence-corrected chi connectivity index (χ1v) is 8.61. The fraction of sp³-hybridized carbons (Fsp3) is 0.421. The summed E-state index contributed by atoms with van der Waals surface area (Å²) in [5.41, 5.74) is 2.72. The van der Waals surface area contributed by atoms with Crippen LogP contribution in [-0.2, 0) is 13.1 Å². The van der Waals surface area contributed by atoms with Gasteiger partial charge >= 0.3 is 0 Å². The molecule has 0 spiro atoms. The number of aromatic nitrogens is 1. The van der Waals surface area contributed by atoms with E-state index in [9.17, 15) is 0 Å². The van der Waals surface area contributed by atoms with Gasteiger partial charge in [-0.05, 0) is 18.2 Å². The van der Waals surface area contributed by atoms with Gasteiger partial charge in [0, 0.05) is 23.3 Å². The lowest BCUT2D eigenvalue weighted by Crippen LogP contribution is -3.27. The monoisotopic (exact) mass is 330 g/mol. The van der Waals surface area contributed by atoms with Crippen LogP contribution in [0.2, 0.25) is 0 Å². The first-order chi connectivity index (χ1) is 11.8. The molecule has 1 aromatic carbocycles. The van der Waals surface area contributed by atoms with Gasteiger partial charge in [0.15, 0.2) is 23.9 Å². The maximum absolute atomic E-state index is 5.41. The second-order valence-electron chi connectivity index (χ2n) is 6.45. The highest BCUT2D eigenvalue weighted by Gasteiger charge is 2.23. The molecule has 0 amide bonds. The minimum atomic E-state index is 0.797. The Labute approximate surface area is 143 Å². The number of aromatic amines is 1. The summed E-state index contributed by atoms with van der Waals surface area (Å²) in [6, 6.07) is 10.6. The number of hydrogen-bond acceptors (Lipinski definition) is 2. The summed E-state index contributed by atoms with van der Waals surface area (Å²) < 4.78 is 10.7. The first kappa shape index (κ1) is 16.7. The van der Waals surface area contributed by atoms with Crippen molar-refractivity contribution in [1.82, 2.24) is 0 Å². The molecule has 2 aromatic rings. The smallest absolute Gasteiger partial charge is 0.167 e. The summed E-state index contributed by atoms with van der Waals surface area (Å²) in [5.74, 6) is 1.62. The lowest BCUT2D eigenvalue weighted by atomic mass is 10.1. The Bertz CT molecular complexity index is 640. The van der Waals surface area contributed by atoms with Gasteiger partial charge in [-0.15, -0.1) is 0 Å². The summed E-state index contributed by atoms with van der Waals surface area (Å²) >= 11 is 0. The minimum Gasteiger partial charge on any atom is -0.493 e. The van der Waals surface area contributed by atoms with E-state index in [-0.39, 0.29) is 0 Å². The van der Waals surface area contributed by atoms with Crippen LogP contribution in [0.1, 0.15) is 11.1 Å². The fourth-order valence-corrected chi connectivity index (χ4v) is 3.42. The van der Waals surface area contributed by atoms with E-state index in [1.54, 1.807) is 24.0 Å². The molecule has 1 aromatic heterocycles. The third kappa shape index (κ3) is 4.24. The molecule has 1 aliphatic heterocycles. The summed E-state index contributed by atoms with van der Waals surface area (Å²) in [6.45, 7) is 7.04. The number of ether oxygens (including phenoxy) is 2. The molecule has 1 saturated heterocycles. The molecule has 0 aliphatic carbocycles. The Balaban J connectivity index is 1.52. The topological polar surface area (TPSA) is 41.5 Å². The van der Waals surface area contributed by atoms with E-state index in [4.69, 9.17) is 9.47 Å². The summed E-state index contributed by atoms with van der Waals surface area (Å²) in [7, 11) is 3.37. The highest BCUT2D eigenvalue weighted by molar-refractivity contribution is 5.42. The van der Waals surface area contributed by atoms with E-state index in [1.807, 2.05) is 18.5 Å². The molecular formula is C19H28N3O2+3. The quantitative estimate of drug-likeness (QED) is 0.714. The van der Waals surface area contributed by atoms with Crippen molar-refractivity contribution < 1.29 is 24.3 Å². The lowest BCUT2D eigenvalue weighted by molar-refractivity contribution is -1.02. The van der Waals surface area contributed by atoms with E-state index >= 15 is 0 Å². The van der Waals surface area contributed by atoms with Crippen LogP contribution in [0.5, 0.6) is 11.5 Å². The summed E-state index contributed by atoms with van der Waals surface area (Å²) in [4.78, 5) is 6.41. The van der Waals surface area contributed by atoms with Crippen LogP contribution in [0.15, 0.2) is 42.7 Å². The third-order valence-electron chi connectivity index (χ3n) is 4.81. The van der Waals surface area contributed by atoms with Crippen molar-refractivity contribution in [2.45, 2.75) is 13.1 Å². The number of nitrogens with one attached hydrogen (secondary N) is 3. The van der Waals surface area contributed by atoms with Gasteiger partial charge in [0.2, 0.25) is 0 Å². The van der Waals surface area contributed by atoms with E-state index in [0.717, 1.165) is 24.6 Å². The number of quaternary nitrogens is 2. The van der Waals surface area contributed by atoms with Crippen LogP contribution >= 0.6 is 0 Å². The van der Waals surface area contributed by atoms with Crippen LogP contribution in [0, 0.1) is 0 Å². The largest absolute Gasteiger partial charge is 0.493 e. The van der Waals surface area contributed by atoms with E-state index in [1.165, 1.54) is 37.3 Å². The molecule has 0 atom stereocenters. The van der Waals surface area contributed by atoms with Gasteiger partial charge in [0.25, 0.3) is 0 Å². The van der Waals surface area contributed by atoms with Gasteiger partial charge in [-0.1, -0.05) is 0 Å². The van der Waals surface area contributed by atoms with Crippen molar-refractivity contribution in [3.8, 4) is 11.5 Å². The van der Waals surface area contributed by atoms with Crippen molar-refractivity contribution in [2.75, 3.05) is 40.4 Å². The highest BCUT2D eigenvalue weighted by atomic mass is 16.5. The molecule has 3 N–H and O–H groups in total. The Kier molecular flexibility index (Phi) is 5.67. The van der Waals surface area contributed by atoms with Crippen LogP contribution in [0.4, 0.5) is 0 Å². The molecule has 5 nitrogen and oxygen atoms in total. The van der Waals surface area contributed by atoms with Gasteiger partial charge in [-0.2, -0.15) is 0 Å². The van der Waals surface area contributed by atoms with E-state index in [2.05, 4.69) is 29.2 Å². The molecule has 0 bridgehead atoms. The third-order valence-corrected chi connectivity index (χ3v) is 4.81. The maximum Gasteiger partial charge on any atom is 0.167 e. The molecule has 0 unspecified atom stereocenters. The summed E-state index contributed by atoms with van der Waals surface area (Å²) in [6.07, 6.45) is 4.01. The summed E-state index contributed by atoms with van der Waals surface area (Å²) in [5, 5.41) is 0. The molecule has 128 valence electrons. The number of hydrogen-bond donors (Lipinski definition) is 2. The van der Waals surface area contributed by atoms with E-state index < -0.39 is 0 Å². The number of benzene rings is 1. The first-order valence-electron chi connectivity index (χ1n) is 8.61. The van der Waals surface area contributed by atoms with Crippen molar-refractivity contribution in [3.63, 3.8) is 0 Å². The average molecular weight is 330 g/mol. The number of piperazine rings is 1. The molecular weight excluding hydrogens is 302 g/mol. The molecule has 0 saturated carbocycles. The number of pyridine rings is 1. The minimum absolute atomic E-state index is 0.797. The number of rotatable bonds is 6. The van der Waals surface area contributed by atoms with Crippen LogP contribution in [0.25, 0.3) is 0 Å². The second-order valence-corrected chi connectivity index (χ2v) is 6.45. The van der Waals surface area contributed by atoms with Crippen LogP contribution in [-0.4, -0.2) is 40.4 Å². The Hall–Kier alpha value is -2.11. The predicted molar refractivity (Wildman–Crippen MR) is 91.3 cm³/mol. The van der Waals surface area contributed by atoms with E-state index in [0.29, 0.717) is 0 Å². The zero-order valence-corrected chi connectivity index (χ0v) is 14.6. The van der Waals surface area contributed by atoms with Gasteiger partial charge in [-0.25, -0.2) is 4.98 Å². The molecule has 0 radical (unpaired) electrons. The number of methoxy groups -OCH3 is 2. The average Bonchev–Trinajstić information content (AvgIpc) is 2.64. The number of H-pyrrole nitrogens is 1. The molecule has 3 rings (SSSR count). The van der Waals surface area contributed by atoms with Gasteiger partial charge in [0.05, 0.1) is 14.2 Å². The predicted octanol–water partition coefficient (Wildman–Crippen LogP) is -0.998. The normalized spacial score (nSPS) is 20.6. The zero-order valence-electron chi connectivity index (χ0n) is 14.6. The maximum atomic E-state index is 5.41. The van der Waals surface area contributed by atoms with Gasteiger partial charge in [-0.3, -0.25) is 0 Å². The second kappa shape index (κ2) is 8.13. The fourth-order valence-electron chi connectivity index (χ4n) is 3.42. The van der Waals surface area contributed by atoms with Crippen LogP contribution < -0.4 is 24.3 Å². The van der Waals surface area contributed by atoms with Crippen LogP contribution in [0.3, 0.4) is 0 Å². The van der Waals surface area contributed by atoms with Crippen molar-refractivity contribution in [2.24, 2.45) is 0 Å². The Morgan fingerprint density at radius 3 is 1.96 bits per heavy atom. The molecule has 1 aliphatic rings. The standard InChI is InChI=1S/C19H25N3O2/c1-23-18-4-3-17(13-19(18)24-2)15-22-11-9-21(10-12-22)14-16-5-7-20-8-6-16/h3-8,13H,9-12,14-15H2,1-2H3/p+3. The van der Waals surface area contributed by atoms with Gasteiger partial charge < -0.3 is 19.3 Å². The van der Waals surface area contributed by atoms with Crippen molar-refractivity contribution in [3.05, 3.63) is 53.9 Å². The molecule has 1 fully saturated rings. The SMILES string of the molecule is COc1ccc(C[NH+]2CC[NH+](Cc3cc[nH+]cc3)CC2)cc1OC. The zero-order chi connectivity index (χ0) is 16.8. The van der Waals surface area contributed by atoms with Crippen molar-refractivity contribution in [1.29, 1.82) is 0 Å². The highest BCUT2D eigenvalue weighted by Crippen LogP contribution is 2.27. The van der Waals surface area contributed by atoms with Gasteiger partial charge in [0.1, 0.15) is 39.3 Å². The van der Waals surface area contributed by atoms with Crippen molar-refractivity contribution >= 4 is 0 Å². The lowest BCUT2D eigenvalue weighted by Gasteiger charge is -2.29. The Morgan fingerprint density at radius 1 is 0.792 bits per heavy atom.